The van der Waals surface area contributed by atoms with Crippen molar-refractivity contribution in [1.82, 2.24) is 5.32 Å². The van der Waals surface area contributed by atoms with E-state index in [1.54, 1.807) is 0 Å². The lowest BCUT2D eigenvalue weighted by Crippen LogP contribution is -2.44. The number of rotatable bonds is 4. The first-order chi connectivity index (χ1) is 6.88. The fraction of sp³-hybridized carbons (Fsp3) is 0.818. The van der Waals surface area contributed by atoms with Gasteiger partial charge in [0.15, 0.2) is 0 Å². The molecule has 1 fully saturated rings. The molecular weight excluding hydrogens is 176 g/mol. The van der Waals surface area contributed by atoms with Crippen LogP contribution in [0.1, 0.15) is 19.8 Å². The van der Waals surface area contributed by atoms with Gasteiger partial charge in [-0.25, -0.2) is 0 Å². The predicted molar refractivity (Wildman–Crippen MR) is 57.8 cm³/mol. The molecule has 0 amide bonds. The summed E-state index contributed by atoms with van der Waals surface area (Å²) < 4.78 is 5.32. The van der Waals surface area contributed by atoms with Gasteiger partial charge in [0.25, 0.3) is 0 Å². The van der Waals surface area contributed by atoms with Crippen LogP contribution in [0.2, 0.25) is 0 Å². The van der Waals surface area contributed by atoms with Crippen molar-refractivity contribution in [2.75, 3.05) is 26.3 Å². The highest BCUT2D eigenvalue weighted by molar-refractivity contribution is 4.98. The molecule has 0 spiro atoms. The van der Waals surface area contributed by atoms with Gasteiger partial charge in [-0.3, -0.25) is 0 Å². The fourth-order valence-corrected chi connectivity index (χ4v) is 1.83. The Morgan fingerprint density at radius 3 is 2.79 bits per heavy atom. The van der Waals surface area contributed by atoms with Crippen LogP contribution in [0.3, 0.4) is 0 Å². The standard InChI is InChI=1S/C11H20N2O/c1-2-3-6-13-11(9-12)10-4-7-14-8-5-10/h10-11,13H,4-9,12H2,1H3. The molecule has 1 aliphatic heterocycles. The lowest BCUT2D eigenvalue weighted by molar-refractivity contribution is 0.0553. The molecule has 80 valence electrons. The zero-order chi connectivity index (χ0) is 10.2. The summed E-state index contributed by atoms with van der Waals surface area (Å²) in [5, 5.41) is 3.39. The van der Waals surface area contributed by atoms with E-state index in [1.807, 2.05) is 6.92 Å². The first kappa shape index (κ1) is 11.5. The molecule has 1 aliphatic rings. The van der Waals surface area contributed by atoms with Crippen molar-refractivity contribution >= 4 is 0 Å². The molecule has 1 heterocycles. The average molecular weight is 196 g/mol. The maximum absolute atomic E-state index is 5.73. The van der Waals surface area contributed by atoms with E-state index in [0.717, 1.165) is 32.6 Å². The number of hydrogen-bond donors (Lipinski definition) is 2. The summed E-state index contributed by atoms with van der Waals surface area (Å²) >= 11 is 0. The Kier molecular flexibility index (Phi) is 5.62. The third kappa shape index (κ3) is 3.67. The molecule has 1 unspecified atom stereocenters. The second-order valence-electron chi connectivity index (χ2n) is 3.60. The first-order valence-electron chi connectivity index (χ1n) is 5.29. The topological polar surface area (TPSA) is 47.3 Å². The van der Waals surface area contributed by atoms with Crippen molar-refractivity contribution in [3.05, 3.63) is 0 Å². The van der Waals surface area contributed by atoms with Gasteiger partial charge in [-0.15, -0.1) is 5.92 Å². The maximum atomic E-state index is 5.73. The van der Waals surface area contributed by atoms with Crippen LogP contribution in [0.5, 0.6) is 0 Å². The van der Waals surface area contributed by atoms with Gasteiger partial charge in [-0.05, 0) is 25.7 Å². The van der Waals surface area contributed by atoms with Crippen LogP contribution >= 0.6 is 0 Å². The molecular formula is C11H20N2O. The minimum absolute atomic E-state index is 0.403. The minimum Gasteiger partial charge on any atom is -0.381 e. The lowest BCUT2D eigenvalue weighted by Gasteiger charge is -2.29. The van der Waals surface area contributed by atoms with Crippen LogP contribution in [0.25, 0.3) is 0 Å². The highest BCUT2D eigenvalue weighted by Crippen LogP contribution is 2.17. The Hall–Kier alpha value is -0.560. The van der Waals surface area contributed by atoms with E-state index >= 15 is 0 Å². The molecule has 1 atom stereocenters. The summed E-state index contributed by atoms with van der Waals surface area (Å²) in [5.74, 6) is 6.54. The van der Waals surface area contributed by atoms with Crippen LogP contribution in [0, 0.1) is 17.8 Å². The van der Waals surface area contributed by atoms with Crippen molar-refractivity contribution in [3.8, 4) is 11.8 Å². The van der Waals surface area contributed by atoms with Crippen LogP contribution < -0.4 is 11.1 Å². The van der Waals surface area contributed by atoms with Gasteiger partial charge < -0.3 is 15.8 Å². The van der Waals surface area contributed by atoms with E-state index in [4.69, 9.17) is 10.5 Å². The molecule has 0 aromatic carbocycles. The van der Waals surface area contributed by atoms with Crippen LogP contribution in [-0.2, 0) is 4.74 Å². The Morgan fingerprint density at radius 2 is 2.21 bits per heavy atom. The number of ether oxygens (including phenoxy) is 1. The molecule has 0 saturated carbocycles. The second-order valence-corrected chi connectivity index (χ2v) is 3.60. The molecule has 1 saturated heterocycles. The van der Waals surface area contributed by atoms with Crippen molar-refractivity contribution in [2.24, 2.45) is 11.7 Å². The van der Waals surface area contributed by atoms with Crippen LogP contribution in [0.15, 0.2) is 0 Å². The summed E-state index contributed by atoms with van der Waals surface area (Å²) in [5.41, 5.74) is 5.73. The highest BCUT2D eigenvalue weighted by atomic mass is 16.5. The van der Waals surface area contributed by atoms with Gasteiger partial charge in [-0.1, -0.05) is 5.92 Å². The normalized spacial score (nSPS) is 19.9. The largest absolute Gasteiger partial charge is 0.381 e. The lowest BCUT2D eigenvalue weighted by atomic mass is 9.92. The summed E-state index contributed by atoms with van der Waals surface area (Å²) in [6.07, 6.45) is 2.24. The van der Waals surface area contributed by atoms with Crippen molar-refractivity contribution in [2.45, 2.75) is 25.8 Å². The Labute approximate surface area is 86.4 Å². The molecule has 0 aliphatic carbocycles. The third-order valence-electron chi connectivity index (χ3n) is 2.72. The monoisotopic (exact) mass is 196 g/mol. The second kappa shape index (κ2) is 6.83. The number of nitrogens with one attached hydrogen (secondary N) is 1. The summed E-state index contributed by atoms with van der Waals surface area (Å²) in [6, 6.07) is 0.403. The smallest absolute Gasteiger partial charge is 0.0579 e. The van der Waals surface area contributed by atoms with Gasteiger partial charge in [0.2, 0.25) is 0 Å². The molecule has 0 radical (unpaired) electrons. The van der Waals surface area contributed by atoms with Gasteiger partial charge in [-0.2, -0.15) is 0 Å². The van der Waals surface area contributed by atoms with Crippen molar-refractivity contribution < 1.29 is 4.74 Å². The maximum Gasteiger partial charge on any atom is 0.0579 e. The first-order valence-corrected chi connectivity index (χ1v) is 5.29. The molecule has 0 aromatic heterocycles. The van der Waals surface area contributed by atoms with Gasteiger partial charge >= 0.3 is 0 Å². The summed E-state index contributed by atoms with van der Waals surface area (Å²) in [6.45, 7) is 5.05. The van der Waals surface area contributed by atoms with Crippen LogP contribution in [0.4, 0.5) is 0 Å². The molecule has 14 heavy (non-hydrogen) atoms. The number of nitrogens with two attached hydrogens (primary N) is 1. The van der Waals surface area contributed by atoms with E-state index in [-0.39, 0.29) is 0 Å². The highest BCUT2D eigenvalue weighted by Gasteiger charge is 2.21. The van der Waals surface area contributed by atoms with Crippen LogP contribution in [-0.4, -0.2) is 32.3 Å². The Balaban J connectivity index is 2.30. The van der Waals surface area contributed by atoms with Gasteiger partial charge in [0.05, 0.1) is 6.54 Å². The van der Waals surface area contributed by atoms with E-state index in [9.17, 15) is 0 Å². The summed E-state index contributed by atoms with van der Waals surface area (Å²) in [4.78, 5) is 0. The van der Waals surface area contributed by atoms with E-state index in [0.29, 0.717) is 18.5 Å². The molecule has 3 heteroatoms. The zero-order valence-corrected chi connectivity index (χ0v) is 8.88. The summed E-state index contributed by atoms with van der Waals surface area (Å²) in [7, 11) is 0. The molecule has 3 N–H and O–H groups in total. The molecule has 3 nitrogen and oxygen atoms in total. The minimum atomic E-state index is 0.403. The average Bonchev–Trinajstić information content (AvgIpc) is 2.26. The van der Waals surface area contributed by atoms with Gasteiger partial charge in [0.1, 0.15) is 0 Å². The quantitative estimate of drug-likeness (QED) is 0.638. The predicted octanol–water partition coefficient (Wildman–Crippen LogP) is 0.353. The SMILES string of the molecule is CC#CCNC(CN)C1CCOCC1. The molecule has 1 rings (SSSR count). The van der Waals surface area contributed by atoms with E-state index in [2.05, 4.69) is 17.2 Å². The van der Waals surface area contributed by atoms with Gasteiger partial charge in [0, 0.05) is 25.8 Å². The molecule has 0 aromatic rings. The number of hydrogen-bond acceptors (Lipinski definition) is 3. The fourth-order valence-electron chi connectivity index (χ4n) is 1.83. The third-order valence-corrected chi connectivity index (χ3v) is 2.72. The Bertz CT molecular complexity index is 201. The van der Waals surface area contributed by atoms with Crippen molar-refractivity contribution in [1.29, 1.82) is 0 Å². The Morgan fingerprint density at radius 1 is 1.50 bits per heavy atom. The molecule has 0 bridgehead atoms. The van der Waals surface area contributed by atoms with E-state index in [1.165, 1.54) is 0 Å². The zero-order valence-electron chi connectivity index (χ0n) is 8.88. The van der Waals surface area contributed by atoms with Crippen molar-refractivity contribution in [3.63, 3.8) is 0 Å². The van der Waals surface area contributed by atoms with E-state index < -0.39 is 0 Å².